The topological polar surface area (TPSA) is 63.0 Å². The maximum atomic E-state index is 12.6. The molecule has 7 heteroatoms. The van der Waals surface area contributed by atoms with Crippen LogP contribution in [0.15, 0.2) is 82.8 Å². The Balaban J connectivity index is 1.51. The molecule has 162 valence electrons. The van der Waals surface area contributed by atoms with Crippen molar-refractivity contribution in [3.05, 3.63) is 83.4 Å². The minimum absolute atomic E-state index is 0.122. The zero-order chi connectivity index (χ0) is 22.3. The summed E-state index contributed by atoms with van der Waals surface area (Å²) in [5, 5.41) is 4.41. The molecule has 0 saturated carbocycles. The molecule has 1 heterocycles. The maximum Gasteiger partial charge on any atom is 0.234 e. The van der Waals surface area contributed by atoms with Crippen molar-refractivity contribution in [1.29, 1.82) is 0 Å². The number of para-hydroxylation sites is 4. The van der Waals surface area contributed by atoms with Crippen LogP contribution < -0.4 is 10.1 Å². The average molecular weight is 464 g/mol. The summed E-state index contributed by atoms with van der Waals surface area (Å²) in [6, 6.07) is 22.8. The highest BCUT2D eigenvalue weighted by Gasteiger charge is 2.17. The van der Waals surface area contributed by atoms with Crippen molar-refractivity contribution in [2.75, 3.05) is 17.7 Å². The van der Waals surface area contributed by atoms with E-state index < -0.39 is 0 Å². The number of aliphatic imine (C=N–C) groups is 2. The van der Waals surface area contributed by atoms with Crippen LogP contribution in [-0.4, -0.2) is 29.0 Å². The predicted molar refractivity (Wildman–Crippen MR) is 135 cm³/mol. The van der Waals surface area contributed by atoms with Gasteiger partial charge in [0.05, 0.1) is 40.2 Å². The minimum Gasteiger partial charge on any atom is -0.492 e. The lowest BCUT2D eigenvalue weighted by Crippen LogP contribution is -2.17. The van der Waals surface area contributed by atoms with Gasteiger partial charge in [0.1, 0.15) is 5.75 Å². The number of fused-ring (bicyclic) bond motifs is 1. The van der Waals surface area contributed by atoms with E-state index in [0.717, 1.165) is 27.7 Å². The third-order valence-corrected chi connectivity index (χ3v) is 5.90. The van der Waals surface area contributed by atoms with Gasteiger partial charge in [-0.1, -0.05) is 48.0 Å². The Kier molecular flexibility index (Phi) is 7.24. The second-order valence-electron chi connectivity index (χ2n) is 7.01. The molecule has 0 atom stereocenters. The van der Waals surface area contributed by atoms with Gasteiger partial charge in [0, 0.05) is 11.4 Å². The van der Waals surface area contributed by atoms with Gasteiger partial charge < -0.3 is 10.1 Å². The molecule has 1 N–H and O–H groups in total. The number of hydrogen-bond donors (Lipinski definition) is 1. The van der Waals surface area contributed by atoms with Crippen LogP contribution >= 0.6 is 23.4 Å². The van der Waals surface area contributed by atoms with Crippen LogP contribution in [0, 0.1) is 0 Å². The molecule has 0 radical (unpaired) electrons. The van der Waals surface area contributed by atoms with Crippen LogP contribution in [0.3, 0.4) is 0 Å². The lowest BCUT2D eigenvalue weighted by molar-refractivity contribution is -0.113. The van der Waals surface area contributed by atoms with Crippen molar-refractivity contribution in [3.63, 3.8) is 0 Å². The fourth-order valence-electron chi connectivity index (χ4n) is 3.26. The SMILES string of the molecule is CCOc1ccccc1NC(=O)CSC1=Nc2ccccc2N=C(c2cccc(Cl)c2)C1. The van der Waals surface area contributed by atoms with Crippen LogP contribution in [0.4, 0.5) is 17.1 Å². The van der Waals surface area contributed by atoms with E-state index in [0.29, 0.717) is 29.5 Å². The molecular weight excluding hydrogens is 442 g/mol. The van der Waals surface area contributed by atoms with Gasteiger partial charge in [-0.05, 0) is 48.9 Å². The number of benzene rings is 3. The molecule has 1 amide bonds. The number of carbonyl (C=O) groups is 1. The predicted octanol–water partition coefficient (Wildman–Crippen LogP) is 6.67. The molecule has 0 fully saturated rings. The lowest BCUT2D eigenvalue weighted by Gasteiger charge is -2.11. The Morgan fingerprint density at radius 3 is 2.56 bits per heavy atom. The molecule has 1 aliphatic rings. The molecular formula is C25H22ClN3O2S. The maximum absolute atomic E-state index is 12.6. The first-order valence-corrected chi connectivity index (χ1v) is 11.6. The fourth-order valence-corrected chi connectivity index (χ4v) is 4.22. The van der Waals surface area contributed by atoms with Gasteiger partial charge in [-0.15, -0.1) is 11.8 Å². The summed E-state index contributed by atoms with van der Waals surface area (Å²) in [6.07, 6.45) is 0.516. The molecule has 0 aliphatic carbocycles. The monoisotopic (exact) mass is 463 g/mol. The van der Waals surface area contributed by atoms with E-state index >= 15 is 0 Å². The largest absolute Gasteiger partial charge is 0.492 e. The number of carbonyl (C=O) groups excluding carboxylic acids is 1. The zero-order valence-corrected chi connectivity index (χ0v) is 19.1. The molecule has 5 nitrogen and oxygen atoms in total. The summed E-state index contributed by atoms with van der Waals surface area (Å²) in [5.74, 6) is 0.762. The second kappa shape index (κ2) is 10.5. The highest BCUT2D eigenvalue weighted by Crippen LogP contribution is 2.33. The second-order valence-corrected chi connectivity index (χ2v) is 8.49. The molecule has 0 saturated heterocycles. The van der Waals surface area contributed by atoms with Gasteiger partial charge in [-0.3, -0.25) is 9.79 Å². The number of nitrogens with zero attached hydrogens (tertiary/aromatic N) is 2. The van der Waals surface area contributed by atoms with E-state index in [1.165, 1.54) is 11.8 Å². The Bertz CT molecular complexity index is 1190. The van der Waals surface area contributed by atoms with Gasteiger partial charge in [-0.25, -0.2) is 4.99 Å². The number of hydrogen-bond acceptors (Lipinski definition) is 5. The van der Waals surface area contributed by atoms with Gasteiger partial charge in [0.15, 0.2) is 0 Å². The lowest BCUT2D eigenvalue weighted by atomic mass is 10.1. The Labute approximate surface area is 196 Å². The number of nitrogens with one attached hydrogen (secondary N) is 1. The third kappa shape index (κ3) is 5.58. The first-order valence-electron chi connectivity index (χ1n) is 10.3. The normalized spacial score (nSPS) is 12.8. The molecule has 0 aromatic heterocycles. The van der Waals surface area contributed by atoms with Crippen molar-refractivity contribution in [3.8, 4) is 5.75 Å². The first-order chi connectivity index (χ1) is 15.6. The Hall–Kier alpha value is -3.09. The number of ether oxygens (including phenoxy) is 1. The van der Waals surface area contributed by atoms with E-state index in [-0.39, 0.29) is 11.7 Å². The van der Waals surface area contributed by atoms with Gasteiger partial charge in [0.25, 0.3) is 0 Å². The number of thioether (sulfide) groups is 1. The van der Waals surface area contributed by atoms with E-state index in [1.807, 2.05) is 79.7 Å². The standard InChI is InChI=1S/C25H22ClN3O2S/c1-2-31-23-13-6-5-12-21(23)28-24(30)16-32-25-15-22(17-8-7-9-18(26)14-17)27-19-10-3-4-11-20(19)29-25/h3-14H,2,15-16H2,1H3,(H,28,30). The number of anilines is 1. The van der Waals surface area contributed by atoms with Gasteiger partial charge >= 0.3 is 0 Å². The third-order valence-electron chi connectivity index (χ3n) is 4.69. The number of halogens is 1. The Morgan fingerprint density at radius 1 is 1.03 bits per heavy atom. The molecule has 32 heavy (non-hydrogen) atoms. The first kappa shape index (κ1) is 22.1. The highest BCUT2D eigenvalue weighted by molar-refractivity contribution is 8.14. The molecule has 3 aromatic rings. The van der Waals surface area contributed by atoms with Crippen LogP contribution in [-0.2, 0) is 4.79 Å². The molecule has 0 bridgehead atoms. The average Bonchev–Trinajstić information content (AvgIpc) is 2.98. The number of rotatable bonds is 6. The van der Waals surface area contributed by atoms with Crippen LogP contribution in [0.1, 0.15) is 18.9 Å². The van der Waals surface area contributed by atoms with E-state index in [1.54, 1.807) is 0 Å². The van der Waals surface area contributed by atoms with Crippen molar-refractivity contribution < 1.29 is 9.53 Å². The van der Waals surface area contributed by atoms with Crippen molar-refractivity contribution >= 4 is 57.1 Å². The summed E-state index contributed by atoms with van der Waals surface area (Å²) < 4.78 is 5.59. The van der Waals surface area contributed by atoms with Crippen LogP contribution in [0.2, 0.25) is 5.02 Å². The van der Waals surface area contributed by atoms with E-state index in [2.05, 4.69) is 5.32 Å². The van der Waals surface area contributed by atoms with Gasteiger partial charge in [0.2, 0.25) is 5.91 Å². The summed E-state index contributed by atoms with van der Waals surface area (Å²) in [5.41, 5.74) is 4.06. The quantitative estimate of drug-likeness (QED) is 0.444. The summed E-state index contributed by atoms with van der Waals surface area (Å²) in [4.78, 5) is 22.3. The summed E-state index contributed by atoms with van der Waals surface area (Å²) in [6.45, 7) is 2.44. The zero-order valence-electron chi connectivity index (χ0n) is 17.5. The number of amides is 1. The molecule has 0 unspecified atom stereocenters. The highest BCUT2D eigenvalue weighted by atomic mass is 35.5. The molecule has 0 spiro atoms. The summed E-state index contributed by atoms with van der Waals surface area (Å²) >= 11 is 7.61. The van der Waals surface area contributed by atoms with E-state index in [9.17, 15) is 4.79 Å². The van der Waals surface area contributed by atoms with E-state index in [4.69, 9.17) is 26.3 Å². The minimum atomic E-state index is -0.122. The molecule has 4 rings (SSSR count). The molecule has 3 aromatic carbocycles. The fraction of sp³-hybridized carbons (Fsp3) is 0.160. The van der Waals surface area contributed by atoms with Gasteiger partial charge in [-0.2, -0.15) is 0 Å². The molecule has 1 aliphatic heterocycles. The van der Waals surface area contributed by atoms with Crippen LogP contribution in [0.25, 0.3) is 0 Å². The van der Waals surface area contributed by atoms with Crippen LogP contribution in [0.5, 0.6) is 5.75 Å². The Morgan fingerprint density at radius 2 is 1.78 bits per heavy atom. The van der Waals surface area contributed by atoms with Crippen molar-refractivity contribution in [2.24, 2.45) is 9.98 Å². The van der Waals surface area contributed by atoms with Crippen molar-refractivity contribution in [1.82, 2.24) is 0 Å². The van der Waals surface area contributed by atoms with Crippen molar-refractivity contribution in [2.45, 2.75) is 13.3 Å². The summed E-state index contributed by atoms with van der Waals surface area (Å²) in [7, 11) is 0. The smallest absolute Gasteiger partial charge is 0.234 e.